The molecule has 8 heteroatoms. The lowest BCUT2D eigenvalue weighted by Crippen LogP contribution is -2.12. The van der Waals surface area contributed by atoms with Crippen molar-refractivity contribution in [3.8, 4) is 16.9 Å². The van der Waals surface area contributed by atoms with E-state index in [4.69, 9.17) is 10.7 Å². The number of ether oxygens (including phenoxy) is 1. The summed E-state index contributed by atoms with van der Waals surface area (Å²) in [6.07, 6.45) is 4.62. The van der Waals surface area contributed by atoms with Crippen molar-refractivity contribution in [2.24, 2.45) is 28.5 Å². The number of nitrogens with two attached hydrogens (primary N) is 1. The molecule has 0 saturated heterocycles. The molecule has 0 aliphatic heterocycles. The Labute approximate surface area is 222 Å². The lowest BCUT2D eigenvalue weighted by Gasteiger charge is -2.10. The highest BCUT2D eigenvalue weighted by atomic mass is 19.3. The minimum Gasteiger partial charge on any atom is -0.435 e. The van der Waals surface area contributed by atoms with Crippen LogP contribution in [-0.4, -0.2) is 23.2 Å². The Morgan fingerprint density at radius 3 is 2.37 bits per heavy atom. The molecule has 1 aromatic heterocycles. The summed E-state index contributed by atoms with van der Waals surface area (Å²) in [5.41, 5.74) is 9.25. The van der Waals surface area contributed by atoms with Crippen molar-refractivity contribution in [2.45, 2.75) is 53.6 Å². The predicted molar refractivity (Wildman–Crippen MR) is 144 cm³/mol. The number of benzene rings is 2. The second kappa shape index (κ2) is 13.2. The van der Waals surface area contributed by atoms with Gasteiger partial charge in [-0.15, -0.1) is 0 Å². The SMILES string of the molecule is CCCC(=Nc1cc(F)c(-c2ccc(C(N)=O)nc2)cc1C)C1C(CC)[C@@H]1C.FC(F)Oc1ccccc1. The van der Waals surface area contributed by atoms with Crippen LogP contribution in [-0.2, 0) is 0 Å². The summed E-state index contributed by atoms with van der Waals surface area (Å²) in [6, 6.07) is 14.4. The maximum atomic E-state index is 14.9. The molecule has 1 fully saturated rings. The average Bonchev–Trinajstić information content (AvgIpc) is 3.55. The molecule has 2 aromatic carbocycles. The first-order valence-electron chi connectivity index (χ1n) is 12.8. The number of hydrogen-bond donors (Lipinski definition) is 1. The van der Waals surface area contributed by atoms with E-state index >= 15 is 0 Å². The number of para-hydroxylation sites is 1. The molecule has 202 valence electrons. The Kier molecular flexibility index (Phi) is 10.0. The fourth-order valence-corrected chi connectivity index (χ4v) is 4.74. The second-order valence-corrected chi connectivity index (χ2v) is 9.42. The van der Waals surface area contributed by atoms with Crippen LogP contribution in [0, 0.1) is 30.5 Å². The van der Waals surface area contributed by atoms with Crippen molar-refractivity contribution in [3.63, 3.8) is 0 Å². The normalized spacial score (nSPS) is 18.5. The molecule has 1 aliphatic rings. The van der Waals surface area contributed by atoms with Crippen molar-refractivity contribution in [1.29, 1.82) is 0 Å². The Morgan fingerprint density at radius 1 is 1.13 bits per heavy atom. The molecule has 0 spiro atoms. The molecule has 1 saturated carbocycles. The number of carbonyl (C=O) groups excluding carboxylic acids is 1. The maximum absolute atomic E-state index is 14.9. The van der Waals surface area contributed by atoms with Crippen LogP contribution in [0.1, 0.15) is 56.1 Å². The average molecular weight is 526 g/mol. The number of halogens is 3. The fourth-order valence-electron chi connectivity index (χ4n) is 4.74. The summed E-state index contributed by atoms with van der Waals surface area (Å²) < 4.78 is 41.9. The van der Waals surface area contributed by atoms with Crippen molar-refractivity contribution in [2.75, 3.05) is 0 Å². The van der Waals surface area contributed by atoms with Gasteiger partial charge in [-0.05, 0) is 55.0 Å². The number of rotatable bonds is 9. The molecule has 4 rings (SSSR count). The van der Waals surface area contributed by atoms with Crippen molar-refractivity contribution < 1.29 is 22.7 Å². The highest BCUT2D eigenvalue weighted by Gasteiger charge is 2.47. The van der Waals surface area contributed by atoms with Gasteiger partial charge >= 0.3 is 6.61 Å². The van der Waals surface area contributed by atoms with Crippen LogP contribution in [0.4, 0.5) is 18.9 Å². The van der Waals surface area contributed by atoms with Crippen molar-refractivity contribution in [3.05, 3.63) is 77.9 Å². The summed E-state index contributed by atoms with van der Waals surface area (Å²) in [7, 11) is 0. The third-order valence-corrected chi connectivity index (χ3v) is 6.77. The monoisotopic (exact) mass is 525 g/mol. The molecule has 5 nitrogen and oxygen atoms in total. The Morgan fingerprint density at radius 2 is 1.84 bits per heavy atom. The number of aliphatic imine (C=N–C) groups is 1. The molecule has 3 aromatic rings. The number of hydrogen-bond acceptors (Lipinski definition) is 4. The fraction of sp³-hybridized carbons (Fsp3) is 0.367. The van der Waals surface area contributed by atoms with E-state index in [-0.39, 0.29) is 17.3 Å². The van der Waals surface area contributed by atoms with Gasteiger partial charge in [-0.2, -0.15) is 8.78 Å². The van der Waals surface area contributed by atoms with Crippen molar-refractivity contribution in [1.82, 2.24) is 4.98 Å². The number of carbonyl (C=O) groups is 1. The first-order chi connectivity index (χ1) is 18.2. The second-order valence-electron chi connectivity index (χ2n) is 9.42. The Balaban J connectivity index is 0.000000336. The van der Waals surface area contributed by atoms with Crippen LogP contribution in [0.15, 0.2) is 65.8 Å². The molecule has 3 atom stereocenters. The number of alkyl halides is 2. The van der Waals surface area contributed by atoms with E-state index in [9.17, 15) is 18.0 Å². The molecule has 38 heavy (non-hydrogen) atoms. The molecule has 2 N–H and O–H groups in total. The van der Waals surface area contributed by atoms with Gasteiger partial charge in [0, 0.05) is 35.0 Å². The molecule has 1 heterocycles. The standard InChI is InChI=1S/C23H28FN3O.C7H6F2O/c1-5-7-19(22-14(4)16(22)6-2)27-21-11-18(24)17(10-13(21)3)15-8-9-20(23(25)28)26-12-15;8-7(9)10-6-4-2-1-3-5-6/h8-12,14,16,22H,5-7H2,1-4H3,(H2,25,28);1-5,7H/t14-,16?,22?;/m0./s1. The zero-order valence-corrected chi connectivity index (χ0v) is 22.1. The Hall–Kier alpha value is -3.68. The van der Waals surface area contributed by atoms with E-state index in [0.717, 1.165) is 24.8 Å². The highest BCUT2D eigenvalue weighted by Crippen LogP contribution is 2.50. The van der Waals surface area contributed by atoms with E-state index in [1.54, 1.807) is 30.3 Å². The first-order valence-corrected chi connectivity index (χ1v) is 12.8. The number of primary amides is 1. The van der Waals surface area contributed by atoms with E-state index in [0.29, 0.717) is 34.6 Å². The molecular weight excluding hydrogens is 491 g/mol. The largest absolute Gasteiger partial charge is 0.435 e. The van der Waals surface area contributed by atoms with Gasteiger partial charge in [-0.1, -0.05) is 57.9 Å². The minimum atomic E-state index is -2.73. The smallest absolute Gasteiger partial charge is 0.387 e. The predicted octanol–water partition coefficient (Wildman–Crippen LogP) is 7.75. The maximum Gasteiger partial charge on any atom is 0.387 e. The summed E-state index contributed by atoms with van der Waals surface area (Å²) >= 11 is 0. The zero-order chi connectivity index (χ0) is 27.8. The van der Waals surface area contributed by atoms with Gasteiger partial charge < -0.3 is 10.5 Å². The van der Waals surface area contributed by atoms with Crippen LogP contribution < -0.4 is 10.5 Å². The molecule has 1 aliphatic carbocycles. The van der Waals surface area contributed by atoms with Gasteiger partial charge in [0.05, 0.1) is 5.69 Å². The lowest BCUT2D eigenvalue weighted by atomic mass is 10.0. The van der Waals surface area contributed by atoms with Gasteiger partial charge in [-0.3, -0.25) is 14.8 Å². The molecule has 1 amide bonds. The van der Waals surface area contributed by atoms with Crippen LogP contribution in [0.3, 0.4) is 0 Å². The third-order valence-electron chi connectivity index (χ3n) is 6.77. The Bertz CT molecular complexity index is 1250. The first kappa shape index (κ1) is 28.9. The van der Waals surface area contributed by atoms with Crippen LogP contribution in [0.2, 0.25) is 0 Å². The van der Waals surface area contributed by atoms with Crippen LogP contribution >= 0.6 is 0 Å². The molecule has 2 unspecified atom stereocenters. The van der Waals surface area contributed by atoms with E-state index in [1.807, 2.05) is 6.92 Å². The number of pyridine rings is 1. The third kappa shape index (κ3) is 7.43. The summed E-state index contributed by atoms with van der Waals surface area (Å²) in [4.78, 5) is 20.1. The van der Waals surface area contributed by atoms with Gasteiger partial charge in [0.15, 0.2) is 0 Å². The molecule has 0 radical (unpaired) electrons. The van der Waals surface area contributed by atoms with Crippen LogP contribution in [0.25, 0.3) is 11.1 Å². The zero-order valence-electron chi connectivity index (χ0n) is 22.1. The van der Waals surface area contributed by atoms with Crippen molar-refractivity contribution >= 4 is 17.3 Å². The number of aromatic nitrogens is 1. The van der Waals surface area contributed by atoms with E-state index in [1.165, 1.54) is 36.2 Å². The van der Waals surface area contributed by atoms with Gasteiger partial charge in [-0.25, -0.2) is 4.39 Å². The number of amides is 1. The van der Waals surface area contributed by atoms with Gasteiger partial charge in [0.1, 0.15) is 17.3 Å². The summed E-state index contributed by atoms with van der Waals surface area (Å²) in [5.74, 6) is 1.13. The lowest BCUT2D eigenvalue weighted by molar-refractivity contribution is -0.0498. The van der Waals surface area contributed by atoms with Gasteiger partial charge in [0.25, 0.3) is 5.91 Å². The molecule has 0 bridgehead atoms. The van der Waals surface area contributed by atoms with E-state index < -0.39 is 12.5 Å². The summed E-state index contributed by atoms with van der Waals surface area (Å²) in [6.45, 7) is 5.88. The molecular formula is C30H34F3N3O2. The quantitative estimate of drug-likeness (QED) is 0.290. The number of aryl methyl sites for hydroxylation is 1. The summed E-state index contributed by atoms with van der Waals surface area (Å²) in [5, 5.41) is 0. The topological polar surface area (TPSA) is 77.6 Å². The highest BCUT2D eigenvalue weighted by molar-refractivity contribution is 5.92. The minimum absolute atomic E-state index is 0.162. The van der Waals surface area contributed by atoms with E-state index in [2.05, 4.69) is 30.5 Å². The van der Waals surface area contributed by atoms with Crippen LogP contribution in [0.5, 0.6) is 5.75 Å². The van der Waals surface area contributed by atoms with Gasteiger partial charge in [0.2, 0.25) is 0 Å². The number of nitrogens with zero attached hydrogens (tertiary/aromatic N) is 2.